The Morgan fingerprint density at radius 2 is 1.85 bits per heavy atom. The molecule has 0 unspecified atom stereocenters. The summed E-state index contributed by atoms with van der Waals surface area (Å²) in [6.07, 6.45) is 1.56. The van der Waals surface area contributed by atoms with Crippen LogP contribution in [0.5, 0.6) is 5.75 Å². The molecule has 0 saturated heterocycles. The SMILES string of the molecule is Cc1cc(ON[C@H](c2ccc(Cl)c(Cl)c2)c2ccc(Cl)cn2)ccc1C#N. The molecule has 1 aromatic heterocycles. The van der Waals surface area contributed by atoms with Crippen LogP contribution < -0.4 is 10.3 Å². The fourth-order valence-electron chi connectivity index (χ4n) is 2.50. The number of nitriles is 1. The predicted molar refractivity (Wildman–Crippen MR) is 107 cm³/mol. The monoisotopic (exact) mass is 417 g/mol. The standard InChI is InChI=1S/C20H14Cl3N3O/c1-12-8-16(5-2-14(12)10-24)27-26-20(19-7-4-15(21)11-25-19)13-3-6-17(22)18(23)9-13/h2-9,11,20,26H,1H3/t20-/m1/s1. The minimum absolute atomic E-state index is 0.409. The molecule has 3 rings (SSSR count). The van der Waals surface area contributed by atoms with Gasteiger partial charge in [0.05, 0.1) is 32.4 Å². The second-order valence-electron chi connectivity index (χ2n) is 5.82. The number of nitrogens with zero attached hydrogens (tertiary/aromatic N) is 2. The highest BCUT2D eigenvalue weighted by molar-refractivity contribution is 6.42. The Bertz CT molecular complexity index is 1000. The molecular formula is C20H14Cl3N3O. The molecule has 4 nitrogen and oxygen atoms in total. The lowest BCUT2D eigenvalue weighted by Gasteiger charge is -2.20. The lowest BCUT2D eigenvalue weighted by atomic mass is 10.0. The first-order valence-corrected chi connectivity index (χ1v) is 9.11. The fourth-order valence-corrected chi connectivity index (χ4v) is 2.92. The normalized spacial score (nSPS) is 11.7. The van der Waals surface area contributed by atoms with Crippen LogP contribution in [0, 0.1) is 18.3 Å². The Kier molecular flexibility index (Phi) is 6.20. The first-order valence-electron chi connectivity index (χ1n) is 7.97. The average Bonchev–Trinajstić information content (AvgIpc) is 2.66. The van der Waals surface area contributed by atoms with E-state index in [1.807, 2.05) is 13.0 Å². The summed E-state index contributed by atoms with van der Waals surface area (Å²) >= 11 is 18.1. The van der Waals surface area contributed by atoms with E-state index >= 15 is 0 Å². The molecule has 1 N–H and O–H groups in total. The number of pyridine rings is 1. The van der Waals surface area contributed by atoms with Crippen molar-refractivity contribution in [1.82, 2.24) is 10.5 Å². The maximum absolute atomic E-state index is 9.05. The summed E-state index contributed by atoms with van der Waals surface area (Å²) in [5, 5.41) is 10.5. The number of hydrogen-bond donors (Lipinski definition) is 1. The van der Waals surface area contributed by atoms with Crippen molar-refractivity contribution in [3.8, 4) is 11.8 Å². The molecule has 1 atom stereocenters. The van der Waals surface area contributed by atoms with Crippen LogP contribution in [0.25, 0.3) is 0 Å². The van der Waals surface area contributed by atoms with E-state index in [4.69, 9.17) is 44.9 Å². The second-order valence-corrected chi connectivity index (χ2v) is 7.07. The summed E-state index contributed by atoms with van der Waals surface area (Å²) in [5.74, 6) is 0.575. The molecule has 0 fully saturated rings. The van der Waals surface area contributed by atoms with E-state index in [9.17, 15) is 0 Å². The lowest BCUT2D eigenvalue weighted by molar-refractivity contribution is 0.168. The number of hydrogen-bond acceptors (Lipinski definition) is 4. The zero-order chi connectivity index (χ0) is 19.4. The minimum Gasteiger partial charge on any atom is -0.408 e. The van der Waals surface area contributed by atoms with Crippen LogP contribution in [-0.4, -0.2) is 4.98 Å². The van der Waals surface area contributed by atoms with E-state index < -0.39 is 6.04 Å². The van der Waals surface area contributed by atoms with Crippen LogP contribution in [0.4, 0.5) is 0 Å². The highest BCUT2D eigenvalue weighted by atomic mass is 35.5. The smallest absolute Gasteiger partial charge is 0.147 e. The first kappa shape index (κ1) is 19.5. The molecule has 0 radical (unpaired) electrons. The summed E-state index contributed by atoms with van der Waals surface area (Å²) in [6.45, 7) is 1.85. The van der Waals surface area contributed by atoms with Crippen molar-refractivity contribution in [3.63, 3.8) is 0 Å². The molecule has 0 spiro atoms. The van der Waals surface area contributed by atoms with Crippen LogP contribution in [0.2, 0.25) is 15.1 Å². The number of aromatic nitrogens is 1. The topological polar surface area (TPSA) is 57.9 Å². The zero-order valence-electron chi connectivity index (χ0n) is 14.2. The van der Waals surface area contributed by atoms with Gasteiger partial charge in [-0.2, -0.15) is 5.26 Å². The first-order chi connectivity index (χ1) is 13.0. The summed E-state index contributed by atoms with van der Waals surface area (Å²) < 4.78 is 0. The van der Waals surface area contributed by atoms with E-state index in [1.165, 1.54) is 0 Å². The van der Waals surface area contributed by atoms with Crippen molar-refractivity contribution in [2.75, 3.05) is 0 Å². The van der Waals surface area contributed by atoms with Gasteiger partial charge in [0, 0.05) is 6.20 Å². The summed E-state index contributed by atoms with van der Waals surface area (Å²) in [5.41, 5.74) is 5.96. The van der Waals surface area contributed by atoms with Crippen LogP contribution >= 0.6 is 34.8 Å². The number of nitrogens with one attached hydrogen (secondary N) is 1. The second kappa shape index (κ2) is 8.60. The molecule has 2 aromatic carbocycles. The third-order valence-electron chi connectivity index (χ3n) is 3.94. The van der Waals surface area contributed by atoms with Crippen LogP contribution in [-0.2, 0) is 0 Å². The Labute approximate surface area is 172 Å². The van der Waals surface area contributed by atoms with Crippen molar-refractivity contribution in [2.45, 2.75) is 13.0 Å². The third-order valence-corrected chi connectivity index (χ3v) is 4.90. The van der Waals surface area contributed by atoms with Gasteiger partial charge in [-0.25, -0.2) is 0 Å². The molecular weight excluding hydrogens is 405 g/mol. The Morgan fingerprint density at radius 3 is 2.48 bits per heavy atom. The van der Waals surface area contributed by atoms with E-state index in [0.717, 1.165) is 11.1 Å². The number of rotatable bonds is 5. The Morgan fingerprint density at radius 1 is 1.04 bits per heavy atom. The van der Waals surface area contributed by atoms with E-state index in [-0.39, 0.29) is 0 Å². The number of aryl methyl sites for hydroxylation is 1. The van der Waals surface area contributed by atoms with Gasteiger partial charge in [-0.1, -0.05) is 40.9 Å². The number of halogens is 3. The van der Waals surface area contributed by atoms with Crippen molar-refractivity contribution in [1.29, 1.82) is 5.26 Å². The molecule has 0 amide bonds. The van der Waals surface area contributed by atoms with Crippen molar-refractivity contribution >= 4 is 34.8 Å². The Balaban J connectivity index is 1.90. The van der Waals surface area contributed by atoms with E-state index in [2.05, 4.69) is 16.5 Å². The molecule has 0 bridgehead atoms. The van der Waals surface area contributed by atoms with Crippen LogP contribution in [0.1, 0.15) is 28.4 Å². The van der Waals surface area contributed by atoms with Crippen LogP contribution in [0.3, 0.4) is 0 Å². The largest absolute Gasteiger partial charge is 0.408 e. The number of benzene rings is 2. The molecule has 1 heterocycles. The quantitative estimate of drug-likeness (QED) is 0.524. The molecule has 3 aromatic rings. The van der Waals surface area contributed by atoms with Gasteiger partial charge in [0.2, 0.25) is 0 Å². The van der Waals surface area contributed by atoms with Crippen molar-refractivity contribution in [2.24, 2.45) is 0 Å². The summed E-state index contributed by atoms with van der Waals surface area (Å²) in [6, 6.07) is 15.8. The van der Waals surface area contributed by atoms with Gasteiger partial charge < -0.3 is 4.84 Å². The van der Waals surface area contributed by atoms with Crippen molar-refractivity contribution < 1.29 is 4.84 Å². The highest BCUT2D eigenvalue weighted by Crippen LogP contribution is 2.29. The lowest BCUT2D eigenvalue weighted by Crippen LogP contribution is -2.26. The molecule has 0 aliphatic carbocycles. The van der Waals surface area contributed by atoms with Gasteiger partial charge in [0.15, 0.2) is 0 Å². The summed E-state index contributed by atoms with van der Waals surface area (Å²) in [7, 11) is 0. The average molecular weight is 419 g/mol. The van der Waals surface area contributed by atoms with Gasteiger partial charge in [0.1, 0.15) is 11.8 Å². The van der Waals surface area contributed by atoms with Gasteiger partial charge in [0.25, 0.3) is 0 Å². The van der Waals surface area contributed by atoms with Gasteiger partial charge in [-0.3, -0.25) is 4.98 Å². The molecule has 27 heavy (non-hydrogen) atoms. The molecule has 7 heteroatoms. The highest BCUT2D eigenvalue weighted by Gasteiger charge is 2.18. The van der Waals surface area contributed by atoms with Crippen molar-refractivity contribution in [3.05, 3.63) is 92.2 Å². The Hall–Kier alpha value is -2.29. The fraction of sp³-hybridized carbons (Fsp3) is 0.100. The van der Waals surface area contributed by atoms with E-state index in [0.29, 0.717) is 32.1 Å². The van der Waals surface area contributed by atoms with Gasteiger partial charge in [-0.05, 0) is 60.5 Å². The maximum atomic E-state index is 9.05. The summed E-state index contributed by atoms with van der Waals surface area (Å²) in [4.78, 5) is 10.1. The molecule has 0 aliphatic heterocycles. The third kappa shape index (κ3) is 4.71. The molecule has 0 aliphatic rings. The van der Waals surface area contributed by atoms with Crippen LogP contribution in [0.15, 0.2) is 54.7 Å². The minimum atomic E-state index is -0.409. The molecule has 0 saturated carbocycles. The number of hydroxylamine groups is 1. The van der Waals surface area contributed by atoms with Gasteiger partial charge in [-0.15, -0.1) is 5.48 Å². The van der Waals surface area contributed by atoms with E-state index in [1.54, 1.807) is 48.7 Å². The zero-order valence-corrected chi connectivity index (χ0v) is 16.5. The maximum Gasteiger partial charge on any atom is 0.147 e. The van der Waals surface area contributed by atoms with Gasteiger partial charge >= 0.3 is 0 Å². The molecule has 136 valence electrons. The predicted octanol–water partition coefficient (Wildman–Crippen LogP) is 5.89.